The number of benzene rings is 3. The van der Waals surface area contributed by atoms with E-state index in [0.717, 1.165) is 30.6 Å². The molecule has 0 aromatic heterocycles. The van der Waals surface area contributed by atoms with Crippen LogP contribution in [0.5, 0.6) is 0 Å². The molecule has 3 aromatic carbocycles. The maximum absolute atomic E-state index is 13.7. The summed E-state index contributed by atoms with van der Waals surface area (Å²) in [5, 5.41) is 5.72. The minimum atomic E-state index is -0.0822. The van der Waals surface area contributed by atoms with Crippen molar-refractivity contribution in [2.45, 2.75) is 45.8 Å². The van der Waals surface area contributed by atoms with Crippen LogP contribution in [0.15, 0.2) is 72.8 Å². The number of fused-ring (bicyclic) bond motifs is 1. The average Bonchev–Trinajstić information content (AvgIpc) is 2.77. The van der Waals surface area contributed by atoms with Gasteiger partial charge >= 0.3 is 6.03 Å². The first kappa shape index (κ1) is 22.3. The lowest BCUT2D eigenvalue weighted by Crippen LogP contribution is -2.58. The van der Waals surface area contributed by atoms with Crippen molar-refractivity contribution in [1.82, 2.24) is 15.1 Å². The topological polar surface area (TPSA) is 35.6 Å². The normalized spacial score (nSPS) is 19.4. The van der Waals surface area contributed by atoms with E-state index in [-0.39, 0.29) is 23.5 Å². The third-order valence-corrected chi connectivity index (χ3v) is 6.83. The fourth-order valence-corrected chi connectivity index (χ4v) is 5.27. The highest BCUT2D eigenvalue weighted by Gasteiger charge is 2.40. The van der Waals surface area contributed by atoms with E-state index in [9.17, 15) is 4.79 Å². The molecule has 1 saturated heterocycles. The van der Waals surface area contributed by atoms with Crippen molar-refractivity contribution in [2.75, 3.05) is 20.1 Å². The Labute approximate surface area is 192 Å². The Morgan fingerprint density at radius 2 is 1.75 bits per heavy atom. The molecule has 2 unspecified atom stereocenters. The number of hydrogen-bond acceptors (Lipinski definition) is 2. The maximum atomic E-state index is 13.7. The average molecular weight is 430 g/mol. The Morgan fingerprint density at radius 3 is 2.50 bits per heavy atom. The van der Waals surface area contributed by atoms with Crippen LogP contribution in [-0.2, 0) is 6.54 Å². The zero-order valence-electron chi connectivity index (χ0n) is 19.7. The first-order valence-corrected chi connectivity index (χ1v) is 11.6. The summed E-state index contributed by atoms with van der Waals surface area (Å²) >= 11 is 0. The van der Waals surface area contributed by atoms with Crippen LogP contribution in [0.25, 0.3) is 10.8 Å². The van der Waals surface area contributed by atoms with Gasteiger partial charge in [0.15, 0.2) is 0 Å². The molecular formula is C28H35N3O. The first-order valence-electron chi connectivity index (χ1n) is 11.6. The quantitative estimate of drug-likeness (QED) is 0.553. The second-order valence-electron chi connectivity index (χ2n) is 9.88. The molecule has 2 atom stereocenters. The molecule has 1 aliphatic rings. The molecule has 168 valence electrons. The van der Waals surface area contributed by atoms with E-state index in [0.29, 0.717) is 6.54 Å². The van der Waals surface area contributed by atoms with Crippen molar-refractivity contribution in [1.29, 1.82) is 0 Å². The van der Waals surface area contributed by atoms with E-state index >= 15 is 0 Å². The third kappa shape index (κ3) is 4.81. The predicted octanol–water partition coefficient (Wildman–Crippen LogP) is 5.84. The molecule has 0 radical (unpaired) electrons. The van der Waals surface area contributed by atoms with Gasteiger partial charge in [0.2, 0.25) is 0 Å². The van der Waals surface area contributed by atoms with Crippen LogP contribution in [-0.4, -0.2) is 42.0 Å². The summed E-state index contributed by atoms with van der Waals surface area (Å²) in [7, 11) is 2.17. The molecule has 0 bridgehead atoms. The highest BCUT2D eigenvalue weighted by atomic mass is 16.2. The van der Waals surface area contributed by atoms with Gasteiger partial charge in [-0.15, -0.1) is 0 Å². The molecule has 4 heteroatoms. The zero-order chi connectivity index (χ0) is 22.7. The number of urea groups is 1. The monoisotopic (exact) mass is 429 g/mol. The molecule has 1 aliphatic heterocycles. The SMILES string of the molecule is CC(NC(=O)N(Cc1ccccc1)C1CCN(C)CC1(C)C)c1cccc2ccccc12. The molecule has 1 heterocycles. The molecule has 4 nitrogen and oxygen atoms in total. The first-order chi connectivity index (χ1) is 15.3. The van der Waals surface area contributed by atoms with E-state index in [1.807, 2.05) is 18.2 Å². The van der Waals surface area contributed by atoms with Gasteiger partial charge < -0.3 is 15.1 Å². The van der Waals surface area contributed by atoms with E-state index in [1.54, 1.807) is 0 Å². The maximum Gasteiger partial charge on any atom is 0.318 e. The predicted molar refractivity (Wildman–Crippen MR) is 133 cm³/mol. The van der Waals surface area contributed by atoms with Crippen LogP contribution in [0.3, 0.4) is 0 Å². The minimum absolute atomic E-state index is 0.0110. The van der Waals surface area contributed by atoms with Crippen molar-refractivity contribution >= 4 is 16.8 Å². The van der Waals surface area contributed by atoms with Crippen LogP contribution in [0.1, 0.15) is 44.4 Å². The Balaban J connectivity index is 1.61. The highest BCUT2D eigenvalue weighted by molar-refractivity contribution is 5.86. The summed E-state index contributed by atoms with van der Waals surface area (Å²) in [6, 6.07) is 25.1. The second-order valence-corrected chi connectivity index (χ2v) is 9.88. The molecule has 32 heavy (non-hydrogen) atoms. The lowest BCUT2D eigenvalue weighted by molar-refractivity contribution is 0.0300. The number of rotatable bonds is 5. The van der Waals surface area contributed by atoms with E-state index in [1.165, 1.54) is 10.8 Å². The largest absolute Gasteiger partial charge is 0.331 e. The number of nitrogens with one attached hydrogen (secondary N) is 1. The zero-order valence-corrected chi connectivity index (χ0v) is 19.7. The lowest BCUT2D eigenvalue weighted by atomic mass is 9.78. The summed E-state index contributed by atoms with van der Waals surface area (Å²) in [6.07, 6.45) is 0.979. The van der Waals surface area contributed by atoms with Gasteiger partial charge in [-0.25, -0.2) is 4.79 Å². The van der Waals surface area contributed by atoms with Gasteiger partial charge in [-0.3, -0.25) is 0 Å². The minimum Gasteiger partial charge on any atom is -0.331 e. The molecule has 0 saturated carbocycles. The number of likely N-dealkylation sites (tertiary alicyclic amines) is 1. The van der Waals surface area contributed by atoms with Gasteiger partial charge in [-0.05, 0) is 54.3 Å². The van der Waals surface area contributed by atoms with Crippen LogP contribution in [0.4, 0.5) is 4.79 Å². The summed E-state index contributed by atoms with van der Waals surface area (Å²) < 4.78 is 0. The Kier molecular flexibility index (Phi) is 6.52. The lowest BCUT2D eigenvalue weighted by Gasteiger charge is -2.48. The van der Waals surface area contributed by atoms with Crippen molar-refractivity contribution in [3.63, 3.8) is 0 Å². The van der Waals surface area contributed by atoms with Gasteiger partial charge in [0.1, 0.15) is 0 Å². The summed E-state index contributed by atoms with van der Waals surface area (Å²) in [5.41, 5.74) is 2.33. The summed E-state index contributed by atoms with van der Waals surface area (Å²) in [5.74, 6) is 0. The number of piperidine rings is 1. The summed E-state index contributed by atoms with van der Waals surface area (Å²) in [6.45, 7) is 9.26. The third-order valence-electron chi connectivity index (χ3n) is 6.83. The van der Waals surface area contributed by atoms with Gasteiger partial charge in [-0.2, -0.15) is 0 Å². The van der Waals surface area contributed by atoms with Crippen LogP contribution >= 0.6 is 0 Å². The van der Waals surface area contributed by atoms with E-state index in [4.69, 9.17) is 0 Å². The number of amides is 2. The molecule has 4 rings (SSSR count). The molecule has 0 spiro atoms. The standard InChI is InChI=1S/C28H35N3O/c1-21(24-16-10-14-23-13-8-9-15-25(23)24)29-27(32)31(19-22-11-6-5-7-12-22)26-17-18-30(4)20-28(26,2)3/h5-16,21,26H,17-20H2,1-4H3,(H,29,32). The van der Waals surface area contributed by atoms with Gasteiger partial charge in [0.25, 0.3) is 0 Å². The smallest absolute Gasteiger partial charge is 0.318 e. The highest BCUT2D eigenvalue weighted by Crippen LogP contribution is 2.34. The van der Waals surface area contributed by atoms with E-state index in [2.05, 4.69) is 97.5 Å². The van der Waals surface area contributed by atoms with E-state index < -0.39 is 0 Å². The van der Waals surface area contributed by atoms with Gasteiger partial charge in [0, 0.05) is 19.1 Å². The number of carbonyl (C=O) groups is 1. The fourth-order valence-electron chi connectivity index (χ4n) is 5.27. The molecular weight excluding hydrogens is 394 g/mol. The number of hydrogen-bond donors (Lipinski definition) is 1. The van der Waals surface area contributed by atoms with Crippen molar-refractivity contribution in [3.05, 3.63) is 83.9 Å². The van der Waals surface area contributed by atoms with Gasteiger partial charge in [0.05, 0.1) is 6.04 Å². The molecule has 0 aliphatic carbocycles. The Bertz CT molecular complexity index is 1060. The van der Waals surface area contributed by atoms with Crippen molar-refractivity contribution in [3.8, 4) is 0 Å². The van der Waals surface area contributed by atoms with Gasteiger partial charge in [-0.1, -0.05) is 86.6 Å². The van der Waals surface area contributed by atoms with Crippen LogP contribution in [0.2, 0.25) is 0 Å². The molecule has 1 fully saturated rings. The number of nitrogens with zero attached hydrogens (tertiary/aromatic N) is 2. The molecule has 2 amide bonds. The Morgan fingerprint density at radius 1 is 1.06 bits per heavy atom. The van der Waals surface area contributed by atoms with Crippen molar-refractivity contribution < 1.29 is 4.79 Å². The molecule has 1 N–H and O–H groups in total. The second kappa shape index (κ2) is 9.33. The van der Waals surface area contributed by atoms with Crippen LogP contribution in [0, 0.1) is 5.41 Å². The Hall–Kier alpha value is -2.85. The fraction of sp³-hybridized carbons (Fsp3) is 0.393. The van der Waals surface area contributed by atoms with Crippen molar-refractivity contribution in [2.24, 2.45) is 5.41 Å². The molecule has 3 aromatic rings. The van der Waals surface area contributed by atoms with Crippen LogP contribution < -0.4 is 5.32 Å². The summed E-state index contributed by atoms with van der Waals surface area (Å²) in [4.78, 5) is 18.2. The number of carbonyl (C=O) groups excluding carboxylic acids is 1.